The lowest BCUT2D eigenvalue weighted by Crippen LogP contribution is -2.39. The Labute approximate surface area is 144 Å². The van der Waals surface area contributed by atoms with Gasteiger partial charge in [0.1, 0.15) is 23.3 Å². The summed E-state index contributed by atoms with van der Waals surface area (Å²) in [5, 5.41) is 0. The molecule has 0 fully saturated rings. The molecular weight excluding hydrogens is 352 g/mol. The zero-order valence-electron chi connectivity index (χ0n) is 13.3. The zero-order valence-corrected chi connectivity index (χ0v) is 13.3. The summed E-state index contributed by atoms with van der Waals surface area (Å²) < 4.78 is 55.3. The van der Waals surface area contributed by atoms with Gasteiger partial charge in [0.2, 0.25) is 0 Å². The van der Waals surface area contributed by atoms with Crippen LogP contribution in [0.5, 0.6) is 0 Å². The van der Waals surface area contributed by atoms with Crippen LogP contribution in [-0.2, 0) is 13.1 Å². The van der Waals surface area contributed by atoms with Crippen molar-refractivity contribution in [3.05, 3.63) is 104 Å². The molecule has 26 heavy (non-hydrogen) atoms. The van der Waals surface area contributed by atoms with Crippen LogP contribution in [0.4, 0.5) is 17.6 Å². The van der Waals surface area contributed by atoms with Crippen LogP contribution in [-0.4, -0.2) is 9.13 Å². The van der Waals surface area contributed by atoms with E-state index in [1.54, 1.807) is 0 Å². The van der Waals surface area contributed by atoms with Gasteiger partial charge in [-0.15, -0.1) is 0 Å². The second-order valence-electron chi connectivity index (χ2n) is 5.62. The highest BCUT2D eigenvalue weighted by Crippen LogP contribution is 2.11. The molecule has 0 saturated heterocycles. The summed E-state index contributed by atoms with van der Waals surface area (Å²) >= 11 is 0. The second-order valence-corrected chi connectivity index (χ2v) is 5.62. The van der Waals surface area contributed by atoms with E-state index in [2.05, 4.69) is 0 Å². The van der Waals surface area contributed by atoms with Crippen molar-refractivity contribution in [2.45, 2.75) is 13.1 Å². The zero-order chi connectivity index (χ0) is 18.8. The van der Waals surface area contributed by atoms with Crippen molar-refractivity contribution in [1.82, 2.24) is 9.13 Å². The Morgan fingerprint density at radius 2 is 1.27 bits per heavy atom. The fourth-order valence-electron chi connectivity index (χ4n) is 2.48. The Kier molecular flexibility index (Phi) is 4.75. The lowest BCUT2D eigenvalue weighted by Gasteiger charge is -2.11. The first kappa shape index (κ1) is 17.7. The van der Waals surface area contributed by atoms with E-state index in [9.17, 15) is 27.2 Å². The SMILES string of the molecule is O=c1ccn(Cc2ccc(F)cc2F)c(=O)n1Cc1ccc(F)cc1F. The highest BCUT2D eigenvalue weighted by atomic mass is 19.1. The fraction of sp³-hybridized carbons (Fsp3) is 0.111. The third kappa shape index (κ3) is 3.58. The molecule has 0 saturated carbocycles. The molecule has 0 atom stereocenters. The number of hydrogen-bond acceptors (Lipinski definition) is 2. The number of nitrogens with zero attached hydrogens (tertiary/aromatic N) is 2. The Morgan fingerprint density at radius 3 is 1.81 bits per heavy atom. The van der Waals surface area contributed by atoms with E-state index in [0.29, 0.717) is 12.1 Å². The van der Waals surface area contributed by atoms with Crippen LogP contribution in [0.1, 0.15) is 11.1 Å². The number of hydrogen-bond donors (Lipinski definition) is 0. The third-order valence-electron chi connectivity index (χ3n) is 3.84. The van der Waals surface area contributed by atoms with Gasteiger partial charge in [-0.2, -0.15) is 0 Å². The minimum atomic E-state index is -0.892. The van der Waals surface area contributed by atoms with Gasteiger partial charge in [-0.1, -0.05) is 12.1 Å². The van der Waals surface area contributed by atoms with Crippen LogP contribution in [0.25, 0.3) is 0 Å². The molecule has 3 aromatic rings. The molecule has 0 spiro atoms. The fourth-order valence-corrected chi connectivity index (χ4v) is 2.48. The smallest absolute Gasteiger partial charge is 0.296 e. The average Bonchev–Trinajstić information content (AvgIpc) is 2.58. The Morgan fingerprint density at radius 1 is 0.731 bits per heavy atom. The number of rotatable bonds is 4. The van der Waals surface area contributed by atoms with Gasteiger partial charge in [-0.05, 0) is 12.1 Å². The molecule has 0 bridgehead atoms. The minimum Gasteiger partial charge on any atom is -0.296 e. The molecule has 134 valence electrons. The first-order valence-electron chi connectivity index (χ1n) is 7.53. The van der Waals surface area contributed by atoms with Gasteiger partial charge in [0.25, 0.3) is 5.56 Å². The predicted octanol–water partition coefficient (Wildman–Crippen LogP) is 2.66. The maximum absolute atomic E-state index is 13.8. The molecule has 4 nitrogen and oxygen atoms in total. The lowest BCUT2D eigenvalue weighted by atomic mass is 10.2. The predicted molar refractivity (Wildman–Crippen MR) is 85.9 cm³/mol. The average molecular weight is 364 g/mol. The van der Waals surface area contributed by atoms with Crippen LogP contribution < -0.4 is 11.2 Å². The summed E-state index contributed by atoms with van der Waals surface area (Å²) in [7, 11) is 0. The molecule has 0 amide bonds. The Hall–Kier alpha value is -3.16. The van der Waals surface area contributed by atoms with Gasteiger partial charge >= 0.3 is 5.69 Å². The molecule has 1 heterocycles. The van der Waals surface area contributed by atoms with Crippen LogP contribution >= 0.6 is 0 Å². The summed E-state index contributed by atoms with van der Waals surface area (Å²) in [6.45, 7) is -0.645. The van der Waals surface area contributed by atoms with Gasteiger partial charge in [0.15, 0.2) is 0 Å². The standard InChI is InChI=1S/C18H12F4N2O2/c19-13-3-1-11(15(21)7-13)9-23-6-5-17(25)24(18(23)26)10-12-2-4-14(20)8-16(12)22/h1-8H,9-10H2. The summed E-state index contributed by atoms with van der Waals surface area (Å²) in [5.74, 6) is -3.26. The summed E-state index contributed by atoms with van der Waals surface area (Å²) in [6.07, 6.45) is 1.17. The van der Waals surface area contributed by atoms with Crippen LogP contribution in [0.15, 0.2) is 58.3 Å². The van der Waals surface area contributed by atoms with Crippen LogP contribution in [0.2, 0.25) is 0 Å². The van der Waals surface area contributed by atoms with Gasteiger partial charge in [-0.25, -0.2) is 22.4 Å². The summed E-state index contributed by atoms with van der Waals surface area (Å²) in [5.41, 5.74) is -1.48. The van der Waals surface area contributed by atoms with Gasteiger partial charge in [0, 0.05) is 35.5 Å². The van der Waals surface area contributed by atoms with Crippen LogP contribution in [0, 0.1) is 23.3 Å². The topological polar surface area (TPSA) is 44.0 Å². The van der Waals surface area contributed by atoms with Crippen molar-refractivity contribution >= 4 is 0 Å². The maximum atomic E-state index is 13.8. The van der Waals surface area contributed by atoms with Crippen molar-refractivity contribution in [2.24, 2.45) is 0 Å². The normalized spacial score (nSPS) is 10.9. The molecule has 2 aromatic carbocycles. The van der Waals surface area contributed by atoms with E-state index in [0.717, 1.165) is 33.4 Å². The van der Waals surface area contributed by atoms with Crippen molar-refractivity contribution in [3.8, 4) is 0 Å². The molecular formula is C18H12F4N2O2. The maximum Gasteiger partial charge on any atom is 0.331 e. The van der Waals surface area contributed by atoms with E-state index in [1.165, 1.54) is 12.3 Å². The molecule has 1 aromatic heterocycles. The molecule has 0 N–H and O–H groups in total. The quantitative estimate of drug-likeness (QED) is 0.668. The number of halogens is 4. The molecule has 0 radical (unpaired) electrons. The minimum absolute atomic E-state index is 0.0451. The number of aromatic nitrogens is 2. The van der Waals surface area contributed by atoms with Crippen molar-refractivity contribution in [3.63, 3.8) is 0 Å². The van der Waals surface area contributed by atoms with Crippen molar-refractivity contribution in [1.29, 1.82) is 0 Å². The van der Waals surface area contributed by atoms with E-state index in [-0.39, 0.29) is 17.7 Å². The Balaban J connectivity index is 1.98. The highest BCUT2D eigenvalue weighted by molar-refractivity contribution is 5.20. The molecule has 3 rings (SSSR count). The van der Waals surface area contributed by atoms with Gasteiger partial charge in [0.05, 0.1) is 13.1 Å². The second kappa shape index (κ2) is 6.99. The van der Waals surface area contributed by atoms with Crippen molar-refractivity contribution < 1.29 is 17.6 Å². The summed E-state index contributed by atoms with van der Waals surface area (Å²) in [6, 6.07) is 6.79. The molecule has 0 aliphatic rings. The monoisotopic (exact) mass is 364 g/mol. The summed E-state index contributed by atoms with van der Waals surface area (Å²) in [4.78, 5) is 24.5. The first-order chi connectivity index (χ1) is 12.3. The molecule has 0 aliphatic heterocycles. The molecule has 8 heteroatoms. The molecule has 0 unspecified atom stereocenters. The van der Waals surface area contributed by atoms with Gasteiger partial charge < -0.3 is 0 Å². The van der Waals surface area contributed by atoms with E-state index in [4.69, 9.17) is 0 Å². The van der Waals surface area contributed by atoms with Crippen LogP contribution in [0.3, 0.4) is 0 Å². The van der Waals surface area contributed by atoms with E-state index in [1.807, 2.05) is 0 Å². The van der Waals surface area contributed by atoms with E-state index >= 15 is 0 Å². The third-order valence-corrected chi connectivity index (χ3v) is 3.84. The largest absolute Gasteiger partial charge is 0.331 e. The van der Waals surface area contributed by atoms with Gasteiger partial charge in [-0.3, -0.25) is 13.9 Å². The van der Waals surface area contributed by atoms with E-state index < -0.39 is 41.1 Å². The Bertz CT molecular complexity index is 1090. The first-order valence-corrected chi connectivity index (χ1v) is 7.53. The number of benzene rings is 2. The highest BCUT2D eigenvalue weighted by Gasteiger charge is 2.12. The molecule has 0 aliphatic carbocycles. The van der Waals surface area contributed by atoms with Crippen molar-refractivity contribution in [2.75, 3.05) is 0 Å². The lowest BCUT2D eigenvalue weighted by molar-refractivity contribution is 0.542.